The van der Waals surface area contributed by atoms with Crippen LogP contribution < -0.4 is 0 Å². The van der Waals surface area contributed by atoms with E-state index in [1.54, 1.807) is 18.7 Å². The quantitative estimate of drug-likeness (QED) is 0.795. The van der Waals surface area contributed by atoms with E-state index in [-0.39, 0.29) is 0 Å². The summed E-state index contributed by atoms with van der Waals surface area (Å²) < 4.78 is 0. The first kappa shape index (κ1) is 11.9. The highest BCUT2D eigenvalue weighted by Gasteiger charge is 2.13. The highest BCUT2D eigenvalue weighted by Crippen LogP contribution is 2.34. The van der Waals surface area contributed by atoms with Crippen molar-refractivity contribution in [2.75, 3.05) is 0 Å². The third-order valence-corrected chi connectivity index (χ3v) is 3.20. The second-order valence-electron chi connectivity index (χ2n) is 3.49. The number of rotatable bonds is 3. The highest BCUT2D eigenvalue weighted by molar-refractivity contribution is 8.00. The van der Waals surface area contributed by atoms with Crippen molar-refractivity contribution in [3.05, 3.63) is 28.8 Å². The third-order valence-electron chi connectivity index (χ3n) is 1.79. The van der Waals surface area contributed by atoms with E-state index < -0.39 is 6.10 Å². The number of aliphatic hydroxyl groups is 1. The molecule has 0 fully saturated rings. The lowest BCUT2D eigenvalue weighted by molar-refractivity contribution is 0.196. The predicted octanol–water partition coefficient (Wildman–Crippen LogP) is 3.89. The van der Waals surface area contributed by atoms with Gasteiger partial charge in [-0.25, -0.2) is 0 Å². The van der Waals surface area contributed by atoms with Gasteiger partial charge in [-0.1, -0.05) is 31.5 Å². The van der Waals surface area contributed by atoms with E-state index in [0.29, 0.717) is 10.3 Å². The van der Waals surface area contributed by atoms with Gasteiger partial charge in [-0.2, -0.15) is 0 Å². The molecule has 1 aromatic rings. The summed E-state index contributed by atoms with van der Waals surface area (Å²) in [6.07, 6.45) is -0.509. The Kier molecular flexibility index (Phi) is 4.30. The minimum absolute atomic E-state index is 0.492. The van der Waals surface area contributed by atoms with E-state index in [2.05, 4.69) is 13.8 Å². The van der Waals surface area contributed by atoms with Crippen LogP contribution in [0.25, 0.3) is 0 Å². The van der Waals surface area contributed by atoms with Gasteiger partial charge in [0.1, 0.15) is 0 Å². The minimum atomic E-state index is -0.509. The van der Waals surface area contributed by atoms with Crippen LogP contribution in [0.2, 0.25) is 5.02 Å². The molecule has 1 nitrogen and oxygen atoms in total. The van der Waals surface area contributed by atoms with Gasteiger partial charge in [0, 0.05) is 20.7 Å². The van der Waals surface area contributed by atoms with Crippen molar-refractivity contribution in [1.82, 2.24) is 0 Å². The van der Waals surface area contributed by atoms with Gasteiger partial charge in [-0.3, -0.25) is 0 Å². The number of aliphatic hydroxyl groups excluding tert-OH is 1. The van der Waals surface area contributed by atoms with Crippen LogP contribution in [0.1, 0.15) is 32.4 Å². The zero-order valence-electron chi connectivity index (χ0n) is 8.62. The molecule has 1 aromatic carbocycles. The molecule has 1 atom stereocenters. The maximum absolute atomic E-state index is 9.60. The summed E-state index contributed by atoms with van der Waals surface area (Å²) in [7, 11) is 0. The van der Waals surface area contributed by atoms with Gasteiger partial charge in [0.05, 0.1) is 6.10 Å². The van der Waals surface area contributed by atoms with E-state index in [4.69, 9.17) is 11.6 Å². The van der Waals surface area contributed by atoms with Crippen LogP contribution in [0, 0.1) is 0 Å². The molecule has 0 aliphatic carbocycles. The fraction of sp³-hybridized carbons (Fsp3) is 0.455. The minimum Gasteiger partial charge on any atom is -0.389 e. The Morgan fingerprint density at radius 1 is 1.29 bits per heavy atom. The van der Waals surface area contributed by atoms with Crippen molar-refractivity contribution >= 4 is 23.4 Å². The zero-order chi connectivity index (χ0) is 10.7. The lowest BCUT2D eigenvalue weighted by atomic mass is 10.1. The Morgan fingerprint density at radius 3 is 2.43 bits per heavy atom. The molecule has 0 amide bonds. The van der Waals surface area contributed by atoms with Crippen LogP contribution in [0.5, 0.6) is 0 Å². The molecule has 1 rings (SSSR count). The molecule has 0 aliphatic rings. The molecule has 78 valence electrons. The van der Waals surface area contributed by atoms with E-state index in [0.717, 1.165) is 10.5 Å². The molecule has 0 saturated carbocycles. The van der Waals surface area contributed by atoms with E-state index in [9.17, 15) is 5.11 Å². The third kappa shape index (κ3) is 2.91. The molecular weight excluding hydrogens is 216 g/mol. The number of benzene rings is 1. The predicted molar refractivity (Wildman–Crippen MR) is 63.1 cm³/mol. The normalized spacial score (nSPS) is 13.3. The number of hydrogen-bond donors (Lipinski definition) is 1. The summed E-state index contributed by atoms with van der Waals surface area (Å²) in [6.45, 7) is 5.99. The average molecular weight is 231 g/mol. The first-order valence-corrected chi connectivity index (χ1v) is 5.91. The van der Waals surface area contributed by atoms with E-state index >= 15 is 0 Å². The largest absolute Gasteiger partial charge is 0.389 e. The molecule has 0 aromatic heterocycles. The molecule has 0 unspecified atom stereocenters. The number of halogens is 1. The molecule has 14 heavy (non-hydrogen) atoms. The van der Waals surface area contributed by atoms with Gasteiger partial charge in [0.25, 0.3) is 0 Å². The molecule has 1 N–H and O–H groups in total. The second kappa shape index (κ2) is 5.06. The fourth-order valence-electron chi connectivity index (χ4n) is 1.28. The highest BCUT2D eigenvalue weighted by atomic mass is 35.5. The second-order valence-corrected chi connectivity index (χ2v) is 5.52. The maximum atomic E-state index is 9.60. The van der Waals surface area contributed by atoms with E-state index in [1.165, 1.54) is 0 Å². The standard InChI is InChI=1S/C11H15ClOS/c1-7(2)14-10-6-4-5-9(12)11(10)8(3)13/h4-8,13H,1-3H3/t8-/m1/s1. The summed E-state index contributed by atoms with van der Waals surface area (Å²) >= 11 is 7.76. The molecular formula is C11H15ClOS. The topological polar surface area (TPSA) is 20.2 Å². The maximum Gasteiger partial charge on any atom is 0.0787 e. The van der Waals surface area contributed by atoms with Gasteiger partial charge in [0.2, 0.25) is 0 Å². The van der Waals surface area contributed by atoms with Crippen molar-refractivity contribution in [3.63, 3.8) is 0 Å². The molecule has 3 heteroatoms. The van der Waals surface area contributed by atoms with Crippen LogP contribution in [0.3, 0.4) is 0 Å². The molecule has 0 heterocycles. The van der Waals surface area contributed by atoms with Crippen LogP contribution >= 0.6 is 23.4 Å². The van der Waals surface area contributed by atoms with Crippen LogP contribution in [-0.2, 0) is 0 Å². The summed E-state index contributed by atoms with van der Waals surface area (Å²) in [5.74, 6) is 0. The summed E-state index contributed by atoms with van der Waals surface area (Å²) in [6, 6.07) is 5.73. The van der Waals surface area contributed by atoms with Gasteiger partial charge in [-0.05, 0) is 19.1 Å². The van der Waals surface area contributed by atoms with Crippen LogP contribution in [0.15, 0.2) is 23.1 Å². The van der Waals surface area contributed by atoms with Crippen LogP contribution in [0.4, 0.5) is 0 Å². The fourth-order valence-corrected chi connectivity index (χ4v) is 2.74. The summed E-state index contributed by atoms with van der Waals surface area (Å²) in [5.41, 5.74) is 0.841. The summed E-state index contributed by atoms with van der Waals surface area (Å²) in [4.78, 5) is 1.07. The van der Waals surface area contributed by atoms with Gasteiger partial charge >= 0.3 is 0 Å². The first-order valence-electron chi connectivity index (χ1n) is 4.65. The Bertz CT molecular complexity index is 310. The molecule has 0 spiro atoms. The van der Waals surface area contributed by atoms with Crippen molar-refractivity contribution in [3.8, 4) is 0 Å². The molecule has 0 aliphatic heterocycles. The average Bonchev–Trinajstić information content (AvgIpc) is 2.01. The Labute approximate surface area is 94.5 Å². The number of thioether (sulfide) groups is 1. The monoisotopic (exact) mass is 230 g/mol. The Morgan fingerprint density at radius 2 is 1.93 bits per heavy atom. The van der Waals surface area contributed by atoms with Gasteiger partial charge < -0.3 is 5.11 Å². The Balaban J connectivity index is 3.08. The van der Waals surface area contributed by atoms with Crippen molar-refractivity contribution in [2.45, 2.75) is 37.0 Å². The van der Waals surface area contributed by atoms with Crippen molar-refractivity contribution in [2.24, 2.45) is 0 Å². The van der Waals surface area contributed by atoms with Gasteiger partial charge in [0.15, 0.2) is 0 Å². The number of hydrogen-bond acceptors (Lipinski definition) is 2. The Hall–Kier alpha value is -0.180. The van der Waals surface area contributed by atoms with E-state index in [1.807, 2.05) is 18.2 Å². The SMILES string of the molecule is CC(C)Sc1cccc(Cl)c1[C@@H](C)O. The van der Waals surface area contributed by atoms with Crippen LogP contribution in [-0.4, -0.2) is 10.4 Å². The lowest BCUT2D eigenvalue weighted by Gasteiger charge is -2.14. The molecule has 0 bridgehead atoms. The van der Waals surface area contributed by atoms with Crippen molar-refractivity contribution in [1.29, 1.82) is 0 Å². The summed E-state index contributed by atoms with van der Waals surface area (Å²) in [5, 5.41) is 10.7. The van der Waals surface area contributed by atoms with Gasteiger partial charge in [-0.15, -0.1) is 11.8 Å². The zero-order valence-corrected chi connectivity index (χ0v) is 10.2. The molecule has 0 saturated heterocycles. The smallest absolute Gasteiger partial charge is 0.0787 e. The van der Waals surface area contributed by atoms with Crippen molar-refractivity contribution < 1.29 is 5.11 Å². The first-order chi connectivity index (χ1) is 6.52. The lowest BCUT2D eigenvalue weighted by Crippen LogP contribution is -1.97. The molecule has 0 radical (unpaired) electrons.